The summed E-state index contributed by atoms with van der Waals surface area (Å²) in [5, 5.41) is 4.06. The van der Waals surface area contributed by atoms with Gasteiger partial charge in [0.2, 0.25) is 0 Å². The molecule has 8 heteroatoms. The second-order valence-electron chi connectivity index (χ2n) is 6.84. The Morgan fingerprint density at radius 2 is 2.07 bits per heavy atom. The van der Waals surface area contributed by atoms with E-state index in [9.17, 15) is 9.59 Å². The van der Waals surface area contributed by atoms with Gasteiger partial charge in [-0.15, -0.1) is 11.3 Å². The van der Waals surface area contributed by atoms with Crippen LogP contribution >= 0.6 is 22.9 Å². The van der Waals surface area contributed by atoms with Crippen molar-refractivity contribution >= 4 is 45.0 Å². The molecule has 0 atom stereocenters. The summed E-state index contributed by atoms with van der Waals surface area (Å²) in [4.78, 5) is 34.6. The first-order valence-corrected chi connectivity index (χ1v) is 10.7. The Labute approximate surface area is 182 Å². The summed E-state index contributed by atoms with van der Waals surface area (Å²) >= 11 is 7.46. The van der Waals surface area contributed by atoms with E-state index in [0.29, 0.717) is 45.4 Å². The number of anilines is 1. The summed E-state index contributed by atoms with van der Waals surface area (Å²) < 4.78 is 1.66. The van der Waals surface area contributed by atoms with E-state index in [0.717, 1.165) is 10.4 Å². The summed E-state index contributed by atoms with van der Waals surface area (Å²) in [5.74, 6) is -0.269. The molecule has 0 saturated carbocycles. The molecule has 0 unspecified atom stereocenters. The monoisotopic (exact) mass is 438 g/mol. The van der Waals surface area contributed by atoms with Crippen molar-refractivity contribution in [3.63, 3.8) is 0 Å². The van der Waals surface area contributed by atoms with Crippen LogP contribution in [0.15, 0.2) is 53.5 Å². The molecule has 2 aromatic carbocycles. The lowest BCUT2D eigenvalue weighted by Gasteiger charge is -2.10. The molecule has 0 aliphatic heterocycles. The minimum absolute atomic E-state index is 0.114. The van der Waals surface area contributed by atoms with Crippen LogP contribution in [0.3, 0.4) is 0 Å². The van der Waals surface area contributed by atoms with Gasteiger partial charge in [0.1, 0.15) is 5.69 Å². The van der Waals surface area contributed by atoms with E-state index in [1.807, 2.05) is 31.2 Å². The van der Waals surface area contributed by atoms with Gasteiger partial charge in [0, 0.05) is 34.6 Å². The van der Waals surface area contributed by atoms with Crippen LogP contribution in [0.1, 0.15) is 33.4 Å². The van der Waals surface area contributed by atoms with Crippen molar-refractivity contribution < 1.29 is 4.79 Å². The fourth-order valence-electron chi connectivity index (χ4n) is 3.29. The molecular formula is C22H19ClN4O2S. The Bertz CT molecular complexity index is 1310. The quantitative estimate of drug-likeness (QED) is 0.491. The van der Waals surface area contributed by atoms with Gasteiger partial charge in [0.05, 0.1) is 11.0 Å². The zero-order valence-corrected chi connectivity index (χ0v) is 18.0. The van der Waals surface area contributed by atoms with Gasteiger partial charge in [-0.3, -0.25) is 14.9 Å². The second-order valence-corrected chi connectivity index (χ2v) is 8.39. The third kappa shape index (κ3) is 4.13. The van der Waals surface area contributed by atoms with E-state index >= 15 is 0 Å². The second kappa shape index (κ2) is 8.38. The van der Waals surface area contributed by atoms with Gasteiger partial charge in [0.25, 0.3) is 11.5 Å². The van der Waals surface area contributed by atoms with E-state index < -0.39 is 0 Å². The number of aromatic nitrogens is 3. The minimum atomic E-state index is -0.269. The Morgan fingerprint density at radius 1 is 1.23 bits per heavy atom. The number of carbonyl (C=O) groups is 1. The molecule has 0 aliphatic carbocycles. The van der Waals surface area contributed by atoms with Gasteiger partial charge >= 0.3 is 0 Å². The predicted molar refractivity (Wildman–Crippen MR) is 121 cm³/mol. The first kappa shape index (κ1) is 20.3. The maximum atomic E-state index is 12.7. The maximum Gasteiger partial charge on any atom is 0.272 e. The molecule has 152 valence electrons. The van der Waals surface area contributed by atoms with E-state index in [-0.39, 0.29) is 11.5 Å². The average Bonchev–Trinajstić information content (AvgIpc) is 3.15. The van der Waals surface area contributed by atoms with Crippen molar-refractivity contribution in [3.05, 3.63) is 85.7 Å². The number of nitrogens with one attached hydrogen (secondary N) is 1. The zero-order chi connectivity index (χ0) is 21.3. The van der Waals surface area contributed by atoms with Crippen LogP contribution < -0.4 is 10.9 Å². The van der Waals surface area contributed by atoms with Gasteiger partial charge < -0.3 is 4.57 Å². The topological polar surface area (TPSA) is 76.9 Å². The number of benzene rings is 2. The molecule has 1 N–H and O–H groups in total. The van der Waals surface area contributed by atoms with Gasteiger partial charge in [-0.25, -0.2) is 9.97 Å². The molecule has 4 aromatic rings. The summed E-state index contributed by atoms with van der Waals surface area (Å²) in [6.45, 7) is 4.13. The number of fused-ring (bicyclic) bond motifs is 1. The number of carbonyl (C=O) groups excluding carboxylic acids is 1. The molecule has 6 nitrogen and oxygen atoms in total. The molecule has 0 fully saturated rings. The van der Waals surface area contributed by atoms with Crippen LogP contribution in [0.25, 0.3) is 11.0 Å². The summed E-state index contributed by atoms with van der Waals surface area (Å²) in [5.41, 5.74) is 3.17. The molecule has 0 radical (unpaired) electrons. The van der Waals surface area contributed by atoms with E-state index in [2.05, 4.69) is 15.3 Å². The van der Waals surface area contributed by atoms with Crippen molar-refractivity contribution in [2.75, 3.05) is 5.32 Å². The first-order valence-electron chi connectivity index (χ1n) is 9.46. The van der Waals surface area contributed by atoms with E-state index in [1.54, 1.807) is 35.9 Å². The van der Waals surface area contributed by atoms with Crippen molar-refractivity contribution in [2.24, 2.45) is 0 Å². The zero-order valence-electron chi connectivity index (χ0n) is 16.5. The highest BCUT2D eigenvalue weighted by molar-refractivity contribution is 7.15. The number of aryl methyl sites for hydroxylation is 2. The summed E-state index contributed by atoms with van der Waals surface area (Å²) in [7, 11) is 0. The molecule has 30 heavy (non-hydrogen) atoms. The lowest BCUT2D eigenvalue weighted by molar-refractivity contribution is 0.102. The Kier molecular flexibility index (Phi) is 5.65. The molecule has 1 amide bonds. The number of amides is 1. The summed E-state index contributed by atoms with van der Waals surface area (Å²) in [6, 6.07) is 12.8. The van der Waals surface area contributed by atoms with Crippen LogP contribution in [0.5, 0.6) is 0 Å². The van der Waals surface area contributed by atoms with Crippen molar-refractivity contribution in [3.8, 4) is 0 Å². The van der Waals surface area contributed by atoms with Crippen LogP contribution in [0.4, 0.5) is 5.13 Å². The van der Waals surface area contributed by atoms with Gasteiger partial charge in [-0.05, 0) is 49.7 Å². The normalized spacial score (nSPS) is 11.0. The smallest absolute Gasteiger partial charge is 0.272 e. The number of hydrogen-bond donors (Lipinski definition) is 1. The predicted octanol–water partition coefficient (Wildman–Crippen LogP) is 4.68. The number of halogens is 1. The molecule has 0 spiro atoms. The lowest BCUT2D eigenvalue weighted by Crippen LogP contribution is -2.23. The molecule has 0 saturated heterocycles. The first-order chi connectivity index (χ1) is 14.4. The molecule has 2 aromatic heterocycles. The highest BCUT2D eigenvalue weighted by Gasteiger charge is 2.13. The number of nitrogens with zero attached hydrogens (tertiary/aromatic N) is 3. The fraction of sp³-hybridized carbons (Fsp3) is 0.182. The third-order valence-corrected chi connectivity index (χ3v) is 5.88. The highest BCUT2D eigenvalue weighted by Crippen LogP contribution is 2.23. The highest BCUT2D eigenvalue weighted by atomic mass is 35.5. The van der Waals surface area contributed by atoms with Crippen LogP contribution in [0.2, 0.25) is 5.02 Å². The molecule has 2 heterocycles. The fourth-order valence-corrected chi connectivity index (χ4v) is 4.35. The summed E-state index contributed by atoms with van der Waals surface area (Å²) in [6.07, 6.45) is 2.45. The van der Waals surface area contributed by atoms with E-state index in [4.69, 9.17) is 11.6 Å². The SMILES string of the molecule is CCn1c(=O)c(C)nc2cc(C(=O)Nc3ncc(Cc4cccc(Cl)c4)s3)ccc21. The molecule has 0 bridgehead atoms. The third-order valence-electron chi connectivity index (χ3n) is 4.73. The minimum Gasteiger partial charge on any atom is -0.305 e. The van der Waals surface area contributed by atoms with Gasteiger partial charge in [0.15, 0.2) is 5.13 Å². The number of hydrogen-bond acceptors (Lipinski definition) is 5. The van der Waals surface area contributed by atoms with Crippen molar-refractivity contribution in [2.45, 2.75) is 26.8 Å². The number of thiazole rings is 1. The van der Waals surface area contributed by atoms with Crippen LogP contribution in [0, 0.1) is 6.92 Å². The van der Waals surface area contributed by atoms with Crippen LogP contribution in [-0.2, 0) is 13.0 Å². The van der Waals surface area contributed by atoms with E-state index in [1.165, 1.54) is 11.3 Å². The lowest BCUT2D eigenvalue weighted by atomic mass is 10.1. The maximum absolute atomic E-state index is 12.7. The van der Waals surface area contributed by atoms with Gasteiger partial charge in [-0.1, -0.05) is 23.7 Å². The molecule has 4 rings (SSSR count). The van der Waals surface area contributed by atoms with Crippen molar-refractivity contribution in [1.82, 2.24) is 14.5 Å². The Morgan fingerprint density at radius 3 is 2.83 bits per heavy atom. The molecule has 0 aliphatic rings. The largest absolute Gasteiger partial charge is 0.305 e. The molecular weight excluding hydrogens is 420 g/mol. The van der Waals surface area contributed by atoms with Crippen LogP contribution in [-0.4, -0.2) is 20.4 Å². The van der Waals surface area contributed by atoms with Gasteiger partial charge in [-0.2, -0.15) is 0 Å². The number of rotatable bonds is 5. The average molecular weight is 439 g/mol. The Hall–Kier alpha value is -3.03. The van der Waals surface area contributed by atoms with Crippen molar-refractivity contribution in [1.29, 1.82) is 0 Å². The standard InChI is InChI=1S/C22H19ClN4O2S/c1-3-27-19-8-7-15(11-18(19)25-13(2)21(27)29)20(28)26-22-24-12-17(30-22)10-14-5-4-6-16(23)9-14/h4-9,11-12H,3,10H2,1-2H3,(H,24,26,28). The Balaban J connectivity index is 1.54.